The van der Waals surface area contributed by atoms with Crippen molar-refractivity contribution < 1.29 is 4.79 Å². The van der Waals surface area contributed by atoms with Crippen LogP contribution in [0.25, 0.3) is 0 Å². The minimum absolute atomic E-state index is 0.108. The number of carbonyl (C=O) groups excluding carboxylic acids is 1. The molecule has 0 saturated carbocycles. The van der Waals surface area contributed by atoms with Gasteiger partial charge in [0.1, 0.15) is 0 Å². The largest absolute Gasteiger partial charge is 0.341 e. The van der Waals surface area contributed by atoms with E-state index < -0.39 is 0 Å². The Morgan fingerprint density at radius 3 is 2.26 bits per heavy atom. The van der Waals surface area contributed by atoms with Gasteiger partial charge in [0.25, 0.3) is 0 Å². The topological polar surface area (TPSA) is 22.0 Å². The van der Waals surface area contributed by atoms with E-state index in [2.05, 4.69) is 45.0 Å². The summed E-state index contributed by atoms with van der Waals surface area (Å²) in [4.78, 5) is 11.5. The molecular formula is C17H21NO. The molecule has 0 spiro atoms. The normalized spacial score (nSPS) is 11.6. The zero-order chi connectivity index (χ0) is 14.0. The van der Waals surface area contributed by atoms with Crippen molar-refractivity contribution in [3.63, 3.8) is 0 Å². The number of ketones is 1. The summed E-state index contributed by atoms with van der Waals surface area (Å²) in [5, 5.41) is 0. The third kappa shape index (κ3) is 3.14. The molecule has 0 aliphatic rings. The van der Waals surface area contributed by atoms with E-state index in [1.54, 1.807) is 6.92 Å². The van der Waals surface area contributed by atoms with Crippen molar-refractivity contribution in [1.82, 2.24) is 4.57 Å². The van der Waals surface area contributed by atoms with Gasteiger partial charge in [-0.15, -0.1) is 0 Å². The van der Waals surface area contributed by atoms with E-state index in [9.17, 15) is 4.79 Å². The average molecular weight is 255 g/mol. The Labute approximate surface area is 115 Å². The lowest BCUT2D eigenvalue weighted by molar-refractivity contribution is 0.100. The highest BCUT2D eigenvalue weighted by Gasteiger charge is 2.13. The SMILES string of the molecule is CC(=O)c1cccn1Cc1ccc(C(C)(C)C)cc1. The zero-order valence-corrected chi connectivity index (χ0v) is 12.1. The molecular weight excluding hydrogens is 234 g/mol. The molecule has 0 atom stereocenters. The van der Waals surface area contributed by atoms with Crippen molar-refractivity contribution in [2.45, 2.75) is 39.7 Å². The maximum atomic E-state index is 11.5. The number of aromatic nitrogens is 1. The van der Waals surface area contributed by atoms with Crippen molar-refractivity contribution in [3.05, 3.63) is 59.4 Å². The van der Waals surface area contributed by atoms with Crippen LogP contribution < -0.4 is 0 Å². The molecule has 0 N–H and O–H groups in total. The Kier molecular flexibility index (Phi) is 3.61. The molecule has 1 heterocycles. The van der Waals surface area contributed by atoms with Crippen molar-refractivity contribution in [3.8, 4) is 0 Å². The van der Waals surface area contributed by atoms with Crippen molar-refractivity contribution in [2.24, 2.45) is 0 Å². The number of Topliss-reactive ketones (excluding diaryl/α,β-unsaturated/α-hetero) is 1. The van der Waals surface area contributed by atoms with Crippen LogP contribution in [-0.2, 0) is 12.0 Å². The van der Waals surface area contributed by atoms with Gasteiger partial charge >= 0.3 is 0 Å². The van der Waals surface area contributed by atoms with Gasteiger partial charge in [-0.1, -0.05) is 45.0 Å². The number of carbonyl (C=O) groups is 1. The van der Waals surface area contributed by atoms with E-state index in [1.807, 2.05) is 22.9 Å². The molecule has 1 aromatic heterocycles. The first-order valence-electron chi connectivity index (χ1n) is 6.63. The second-order valence-corrected chi connectivity index (χ2v) is 6.02. The molecule has 2 heteroatoms. The lowest BCUT2D eigenvalue weighted by atomic mass is 9.87. The highest BCUT2D eigenvalue weighted by Crippen LogP contribution is 2.22. The molecule has 0 saturated heterocycles. The van der Waals surface area contributed by atoms with Crippen LogP contribution in [0.5, 0.6) is 0 Å². The average Bonchev–Trinajstić information content (AvgIpc) is 2.77. The van der Waals surface area contributed by atoms with Gasteiger partial charge in [0.2, 0.25) is 0 Å². The number of hydrogen-bond acceptors (Lipinski definition) is 1. The van der Waals surface area contributed by atoms with Crippen LogP contribution >= 0.6 is 0 Å². The van der Waals surface area contributed by atoms with Gasteiger partial charge in [0, 0.05) is 19.7 Å². The van der Waals surface area contributed by atoms with Crippen molar-refractivity contribution in [2.75, 3.05) is 0 Å². The number of nitrogens with zero attached hydrogens (tertiary/aromatic N) is 1. The third-order valence-corrected chi connectivity index (χ3v) is 3.36. The van der Waals surface area contributed by atoms with Gasteiger partial charge in [0.05, 0.1) is 5.69 Å². The Morgan fingerprint density at radius 2 is 1.74 bits per heavy atom. The Morgan fingerprint density at radius 1 is 1.11 bits per heavy atom. The molecule has 2 aromatic rings. The lowest BCUT2D eigenvalue weighted by Crippen LogP contribution is -2.11. The van der Waals surface area contributed by atoms with Crippen molar-refractivity contribution in [1.29, 1.82) is 0 Å². The van der Waals surface area contributed by atoms with Crippen LogP contribution in [0.3, 0.4) is 0 Å². The molecule has 1 aromatic carbocycles. The molecule has 0 bridgehead atoms. The summed E-state index contributed by atoms with van der Waals surface area (Å²) < 4.78 is 1.99. The highest BCUT2D eigenvalue weighted by molar-refractivity contribution is 5.92. The van der Waals surface area contributed by atoms with E-state index >= 15 is 0 Å². The van der Waals surface area contributed by atoms with Gasteiger partial charge in [-0.25, -0.2) is 0 Å². The summed E-state index contributed by atoms with van der Waals surface area (Å²) in [5.41, 5.74) is 3.48. The highest BCUT2D eigenvalue weighted by atomic mass is 16.1. The maximum absolute atomic E-state index is 11.5. The smallest absolute Gasteiger partial charge is 0.176 e. The lowest BCUT2D eigenvalue weighted by Gasteiger charge is -2.19. The van der Waals surface area contributed by atoms with E-state index in [0.29, 0.717) is 0 Å². The van der Waals surface area contributed by atoms with Gasteiger partial charge in [-0.3, -0.25) is 4.79 Å². The second kappa shape index (κ2) is 5.04. The standard InChI is InChI=1S/C17H21NO/c1-13(19)16-6-5-11-18(16)12-14-7-9-15(10-8-14)17(2,3)4/h5-11H,12H2,1-4H3. The molecule has 100 valence electrons. The van der Waals surface area contributed by atoms with Gasteiger partial charge < -0.3 is 4.57 Å². The van der Waals surface area contributed by atoms with E-state index in [1.165, 1.54) is 11.1 Å². The van der Waals surface area contributed by atoms with Gasteiger partial charge in [-0.2, -0.15) is 0 Å². The quantitative estimate of drug-likeness (QED) is 0.759. The molecule has 0 amide bonds. The first-order valence-corrected chi connectivity index (χ1v) is 6.63. The molecule has 0 aliphatic heterocycles. The number of hydrogen-bond donors (Lipinski definition) is 0. The van der Waals surface area contributed by atoms with E-state index in [-0.39, 0.29) is 11.2 Å². The molecule has 0 aliphatic carbocycles. The predicted octanol–water partition coefficient (Wildman–Crippen LogP) is 4.04. The van der Waals surface area contributed by atoms with Crippen LogP contribution in [-0.4, -0.2) is 10.4 Å². The fourth-order valence-corrected chi connectivity index (χ4v) is 2.18. The fourth-order valence-electron chi connectivity index (χ4n) is 2.18. The van der Waals surface area contributed by atoms with Gasteiger partial charge in [-0.05, 0) is 28.7 Å². The first-order chi connectivity index (χ1) is 8.88. The Hall–Kier alpha value is -1.83. The van der Waals surface area contributed by atoms with Gasteiger partial charge in [0.15, 0.2) is 5.78 Å². The van der Waals surface area contributed by atoms with Crippen LogP contribution in [0.15, 0.2) is 42.6 Å². The van der Waals surface area contributed by atoms with Crippen LogP contribution in [0, 0.1) is 0 Å². The molecule has 0 fully saturated rings. The van der Waals surface area contributed by atoms with Crippen LogP contribution in [0.1, 0.15) is 49.3 Å². The molecule has 19 heavy (non-hydrogen) atoms. The summed E-state index contributed by atoms with van der Waals surface area (Å²) in [5.74, 6) is 0.108. The van der Waals surface area contributed by atoms with E-state index in [0.717, 1.165) is 12.2 Å². The Balaban J connectivity index is 2.20. The predicted molar refractivity (Wildman–Crippen MR) is 78.7 cm³/mol. The minimum Gasteiger partial charge on any atom is -0.341 e. The Bertz CT molecular complexity index is 570. The number of benzene rings is 1. The van der Waals surface area contributed by atoms with Crippen LogP contribution in [0.4, 0.5) is 0 Å². The zero-order valence-electron chi connectivity index (χ0n) is 12.1. The number of rotatable bonds is 3. The maximum Gasteiger partial charge on any atom is 0.176 e. The monoisotopic (exact) mass is 255 g/mol. The molecule has 0 unspecified atom stereocenters. The second-order valence-electron chi connectivity index (χ2n) is 6.02. The summed E-state index contributed by atoms with van der Waals surface area (Å²) >= 11 is 0. The van der Waals surface area contributed by atoms with Crippen LogP contribution in [0.2, 0.25) is 0 Å². The van der Waals surface area contributed by atoms with E-state index in [4.69, 9.17) is 0 Å². The minimum atomic E-state index is 0.108. The summed E-state index contributed by atoms with van der Waals surface area (Å²) in [6.07, 6.45) is 1.95. The summed E-state index contributed by atoms with van der Waals surface area (Å²) in [6.45, 7) is 8.98. The molecule has 0 radical (unpaired) electrons. The summed E-state index contributed by atoms with van der Waals surface area (Å²) in [6, 6.07) is 12.4. The molecule has 2 nitrogen and oxygen atoms in total. The fraction of sp³-hybridized carbons (Fsp3) is 0.353. The summed E-state index contributed by atoms with van der Waals surface area (Å²) in [7, 11) is 0. The van der Waals surface area contributed by atoms with Crippen molar-refractivity contribution >= 4 is 5.78 Å². The molecule has 2 rings (SSSR count). The first kappa shape index (κ1) is 13.6. The third-order valence-electron chi connectivity index (χ3n) is 3.36.